The monoisotopic (exact) mass is 199 g/mol. The van der Waals surface area contributed by atoms with Crippen LogP contribution in [-0.2, 0) is 0 Å². The van der Waals surface area contributed by atoms with E-state index in [1.807, 2.05) is 7.05 Å². The van der Waals surface area contributed by atoms with E-state index in [0.29, 0.717) is 0 Å². The smallest absolute Gasteiger partial charge is 0.0774 e. The lowest BCUT2D eigenvalue weighted by Gasteiger charge is -2.37. The fourth-order valence-corrected chi connectivity index (χ4v) is 2.82. The molecule has 2 N–H and O–H groups in total. The molecule has 0 saturated heterocycles. The SMILES string of the molecule is CNCC1(O)CCCC(CC(C)C)C1. The van der Waals surface area contributed by atoms with Gasteiger partial charge in [-0.2, -0.15) is 0 Å². The van der Waals surface area contributed by atoms with Gasteiger partial charge in [0.15, 0.2) is 0 Å². The van der Waals surface area contributed by atoms with Gasteiger partial charge >= 0.3 is 0 Å². The van der Waals surface area contributed by atoms with Gasteiger partial charge in [0, 0.05) is 6.54 Å². The lowest BCUT2D eigenvalue weighted by Crippen LogP contribution is -2.43. The maximum absolute atomic E-state index is 10.3. The van der Waals surface area contributed by atoms with Gasteiger partial charge in [0.05, 0.1) is 5.60 Å². The molecule has 0 amide bonds. The summed E-state index contributed by atoms with van der Waals surface area (Å²) >= 11 is 0. The summed E-state index contributed by atoms with van der Waals surface area (Å²) in [5, 5.41) is 13.4. The molecule has 2 nitrogen and oxygen atoms in total. The van der Waals surface area contributed by atoms with Crippen LogP contribution in [-0.4, -0.2) is 24.3 Å². The van der Waals surface area contributed by atoms with E-state index in [2.05, 4.69) is 19.2 Å². The Morgan fingerprint density at radius 3 is 2.79 bits per heavy atom. The van der Waals surface area contributed by atoms with Gasteiger partial charge in [0.2, 0.25) is 0 Å². The minimum absolute atomic E-state index is 0.424. The molecule has 0 spiro atoms. The number of rotatable bonds is 4. The Kier molecular flexibility index (Phi) is 4.39. The lowest BCUT2D eigenvalue weighted by molar-refractivity contribution is -0.0167. The summed E-state index contributed by atoms with van der Waals surface area (Å²) in [6, 6.07) is 0. The minimum Gasteiger partial charge on any atom is -0.389 e. The summed E-state index contributed by atoms with van der Waals surface area (Å²) in [5.74, 6) is 1.50. The molecule has 1 aliphatic rings. The average Bonchev–Trinajstić information content (AvgIpc) is 2.02. The van der Waals surface area contributed by atoms with Crippen LogP contribution in [0.2, 0.25) is 0 Å². The number of likely N-dealkylation sites (N-methyl/N-ethyl adjacent to an activating group) is 1. The van der Waals surface area contributed by atoms with Crippen LogP contribution in [0.5, 0.6) is 0 Å². The highest BCUT2D eigenvalue weighted by molar-refractivity contribution is 4.88. The summed E-state index contributed by atoms with van der Waals surface area (Å²) in [6.07, 6.45) is 5.74. The molecule has 0 bridgehead atoms. The number of hydrogen-bond acceptors (Lipinski definition) is 2. The van der Waals surface area contributed by atoms with E-state index in [-0.39, 0.29) is 0 Å². The average molecular weight is 199 g/mol. The van der Waals surface area contributed by atoms with Crippen LogP contribution < -0.4 is 5.32 Å². The van der Waals surface area contributed by atoms with Crippen LogP contribution in [0.3, 0.4) is 0 Å². The van der Waals surface area contributed by atoms with E-state index in [4.69, 9.17) is 0 Å². The molecule has 1 aliphatic carbocycles. The van der Waals surface area contributed by atoms with E-state index < -0.39 is 5.60 Å². The van der Waals surface area contributed by atoms with Crippen molar-refractivity contribution >= 4 is 0 Å². The molecular weight excluding hydrogens is 174 g/mol. The van der Waals surface area contributed by atoms with Crippen molar-refractivity contribution in [3.8, 4) is 0 Å². The highest BCUT2D eigenvalue weighted by Crippen LogP contribution is 2.35. The molecule has 0 aliphatic heterocycles. The highest BCUT2D eigenvalue weighted by Gasteiger charge is 2.33. The van der Waals surface area contributed by atoms with E-state index in [1.165, 1.54) is 19.3 Å². The predicted octanol–water partition coefficient (Wildman–Crippen LogP) is 2.17. The topological polar surface area (TPSA) is 32.3 Å². The van der Waals surface area contributed by atoms with Gasteiger partial charge in [-0.25, -0.2) is 0 Å². The van der Waals surface area contributed by atoms with Gasteiger partial charge < -0.3 is 10.4 Å². The zero-order chi connectivity index (χ0) is 10.6. The summed E-state index contributed by atoms with van der Waals surface area (Å²) in [6.45, 7) is 5.29. The standard InChI is InChI=1S/C12H25NO/c1-10(2)7-11-5-4-6-12(14,8-11)9-13-3/h10-11,13-14H,4-9H2,1-3H3. The van der Waals surface area contributed by atoms with Crippen molar-refractivity contribution < 1.29 is 5.11 Å². The summed E-state index contributed by atoms with van der Waals surface area (Å²) in [4.78, 5) is 0. The molecule has 0 aromatic rings. The second-order valence-electron chi connectivity index (χ2n) is 5.35. The van der Waals surface area contributed by atoms with Crippen LogP contribution in [0.1, 0.15) is 46.0 Å². The summed E-state index contributed by atoms with van der Waals surface area (Å²) in [7, 11) is 1.92. The Hall–Kier alpha value is -0.0800. The first kappa shape index (κ1) is 12.0. The molecule has 1 saturated carbocycles. The number of nitrogens with one attached hydrogen (secondary N) is 1. The number of aliphatic hydroxyl groups is 1. The fraction of sp³-hybridized carbons (Fsp3) is 1.00. The molecule has 2 heteroatoms. The van der Waals surface area contributed by atoms with Gasteiger partial charge in [-0.1, -0.05) is 26.7 Å². The Bertz CT molecular complexity index is 166. The van der Waals surface area contributed by atoms with Crippen molar-refractivity contribution in [2.24, 2.45) is 11.8 Å². The maximum Gasteiger partial charge on any atom is 0.0774 e. The van der Waals surface area contributed by atoms with E-state index in [9.17, 15) is 5.11 Å². The predicted molar refractivity (Wildman–Crippen MR) is 60.3 cm³/mol. The molecule has 2 atom stereocenters. The summed E-state index contributed by atoms with van der Waals surface area (Å²) < 4.78 is 0. The van der Waals surface area contributed by atoms with Crippen LogP contribution in [0.4, 0.5) is 0 Å². The van der Waals surface area contributed by atoms with Gasteiger partial charge in [-0.15, -0.1) is 0 Å². The minimum atomic E-state index is -0.424. The highest BCUT2D eigenvalue weighted by atomic mass is 16.3. The van der Waals surface area contributed by atoms with Crippen LogP contribution in [0.15, 0.2) is 0 Å². The van der Waals surface area contributed by atoms with Gasteiger partial charge in [-0.3, -0.25) is 0 Å². The van der Waals surface area contributed by atoms with Gasteiger partial charge in [0.25, 0.3) is 0 Å². The van der Waals surface area contributed by atoms with Crippen LogP contribution in [0, 0.1) is 11.8 Å². The largest absolute Gasteiger partial charge is 0.389 e. The third kappa shape index (κ3) is 3.58. The lowest BCUT2D eigenvalue weighted by atomic mass is 9.75. The molecule has 84 valence electrons. The molecule has 1 fully saturated rings. The third-order valence-corrected chi connectivity index (χ3v) is 3.23. The van der Waals surface area contributed by atoms with Crippen molar-refractivity contribution in [2.45, 2.75) is 51.6 Å². The first-order valence-electron chi connectivity index (χ1n) is 5.93. The first-order valence-corrected chi connectivity index (χ1v) is 5.93. The van der Waals surface area contributed by atoms with E-state index >= 15 is 0 Å². The van der Waals surface area contributed by atoms with Crippen LogP contribution in [0.25, 0.3) is 0 Å². The number of hydrogen-bond donors (Lipinski definition) is 2. The zero-order valence-corrected chi connectivity index (χ0v) is 9.84. The normalized spacial score (nSPS) is 33.6. The van der Waals surface area contributed by atoms with E-state index in [0.717, 1.165) is 31.2 Å². The first-order chi connectivity index (χ1) is 6.56. The Balaban J connectivity index is 2.42. The van der Waals surface area contributed by atoms with Gasteiger partial charge in [-0.05, 0) is 38.1 Å². The van der Waals surface area contributed by atoms with Crippen molar-refractivity contribution in [1.29, 1.82) is 0 Å². The van der Waals surface area contributed by atoms with Crippen molar-refractivity contribution in [3.05, 3.63) is 0 Å². The Labute approximate surface area is 88.1 Å². The third-order valence-electron chi connectivity index (χ3n) is 3.23. The fourth-order valence-electron chi connectivity index (χ4n) is 2.82. The molecule has 0 aromatic heterocycles. The quantitative estimate of drug-likeness (QED) is 0.727. The molecular formula is C12H25NO. The molecule has 2 unspecified atom stereocenters. The summed E-state index contributed by atoms with van der Waals surface area (Å²) in [5.41, 5.74) is -0.424. The molecule has 1 rings (SSSR count). The Morgan fingerprint density at radius 2 is 2.21 bits per heavy atom. The maximum atomic E-state index is 10.3. The van der Waals surface area contributed by atoms with Crippen molar-refractivity contribution in [2.75, 3.05) is 13.6 Å². The Morgan fingerprint density at radius 1 is 1.50 bits per heavy atom. The van der Waals surface area contributed by atoms with Crippen molar-refractivity contribution in [1.82, 2.24) is 5.32 Å². The second-order valence-corrected chi connectivity index (χ2v) is 5.35. The molecule has 0 aromatic carbocycles. The van der Waals surface area contributed by atoms with Crippen molar-refractivity contribution in [3.63, 3.8) is 0 Å². The zero-order valence-electron chi connectivity index (χ0n) is 9.84. The molecule has 0 heterocycles. The van der Waals surface area contributed by atoms with Crippen LogP contribution >= 0.6 is 0 Å². The second kappa shape index (κ2) is 5.13. The van der Waals surface area contributed by atoms with Gasteiger partial charge in [0.1, 0.15) is 0 Å². The van der Waals surface area contributed by atoms with E-state index in [1.54, 1.807) is 0 Å². The molecule has 14 heavy (non-hydrogen) atoms. The molecule has 0 radical (unpaired) electrons.